The van der Waals surface area contributed by atoms with Gasteiger partial charge in [0.05, 0.1) is 11.7 Å². The molecule has 0 saturated heterocycles. The summed E-state index contributed by atoms with van der Waals surface area (Å²) in [6.45, 7) is 6.72. The molecular weight excluding hydrogens is 254 g/mol. The summed E-state index contributed by atoms with van der Waals surface area (Å²) in [5.41, 5.74) is 14.4. The molecule has 0 bridgehead atoms. The summed E-state index contributed by atoms with van der Waals surface area (Å²) < 4.78 is 7.70. The van der Waals surface area contributed by atoms with Crippen molar-refractivity contribution in [3.63, 3.8) is 0 Å². The van der Waals surface area contributed by atoms with Crippen molar-refractivity contribution in [3.8, 4) is 0 Å². The Kier molecular flexibility index (Phi) is 4.92. The Morgan fingerprint density at radius 2 is 2.15 bits per heavy atom. The Morgan fingerprint density at radius 1 is 1.35 bits per heavy atom. The van der Waals surface area contributed by atoms with Crippen LogP contribution in [0.25, 0.3) is 11.0 Å². The number of anilines is 1. The maximum atomic E-state index is 5.92. The SMILES string of the molecule is CCOCc1nc2cnc(N)c(C)c2n1CCCCN. The van der Waals surface area contributed by atoms with E-state index >= 15 is 0 Å². The summed E-state index contributed by atoms with van der Waals surface area (Å²) in [5, 5.41) is 0. The first-order chi connectivity index (χ1) is 9.69. The van der Waals surface area contributed by atoms with Crippen LogP contribution in [0.5, 0.6) is 0 Å². The van der Waals surface area contributed by atoms with E-state index in [1.807, 2.05) is 13.8 Å². The Hall–Kier alpha value is -1.66. The van der Waals surface area contributed by atoms with Gasteiger partial charge in [-0.05, 0) is 33.2 Å². The number of rotatable bonds is 7. The standard InChI is InChI=1S/C14H23N5O/c1-3-20-9-12-18-11-8-17-14(16)10(2)13(11)19(12)7-5-4-6-15/h8H,3-7,9,15H2,1-2H3,(H2,16,17). The van der Waals surface area contributed by atoms with Gasteiger partial charge in [0.25, 0.3) is 0 Å². The van der Waals surface area contributed by atoms with Crippen LogP contribution in [-0.4, -0.2) is 27.7 Å². The molecule has 0 radical (unpaired) electrons. The van der Waals surface area contributed by atoms with Crippen molar-refractivity contribution in [2.45, 2.75) is 39.8 Å². The van der Waals surface area contributed by atoms with E-state index in [1.165, 1.54) is 0 Å². The van der Waals surface area contributed by atoms with Crippen LogP contribution in [0.4, 0.5) is 5.82 Å². The number of unbranched alkanes of at least 4 members (excludes halogenated alkanes) is 1. The number of ether oxygens (including phenoxy) is 1. The van der Waals surface area contributed by atoms with Crippen LogP contribution >= 0.6 is 0 Å². The smallest absolute Gasteiger partial charge is 0.136 e. The van der Waals surface area contributed by atoms with E-state index in [9.17, 15) is 0 Å². The van der Waals surface area contributed by atoms with E-state index in [-0.39, 0.29) is 0 Å². The fraction of sp³-hybridized carbons (Fsp3) is 0.571. The van der Waals surface area contributed by atoms with Crippen molar-refractivity contribution in [1.82, 2.24) is 14.5 Å². The van der Waals surface area contributed by atoms with Gasteiger partial charge < -0.3 is 20.8 Å². The summed E-state index contributed by atoms with van der Waals surface area (Å²) in [5.74, 6) is 1.48. The van der Waals surface area contributed by atoms with E-state index in [4.69, 9.17) is 16.2 Å². The van der Waals surface area contributed by atoms with Gasteiger partial charge in [-0.2, -0.15) is 0 Å². The van der Waals surface area contributed by atoms with Crippen molar-refractivity contribution >= 4 is 16.9 Å². The molecule has 0 spiro atoms. The lowest BCUT2D eigenvalue weighted by Crippen LogP contribution is -2.09. The number of aryl methyl sites for hydroxylation is 2. The molecule has 6 nitrogen and oxygen atoms in total. The number of pyridine rings is 1. The van der Waals surface area contributed by atoms with Crippen molar-refractivity contribution in [2.75, 3.05) is 18.9 Å². The van der Waals surface area contributed by atoms with Crippen molar-refractivity contribution in [2.24, 2.45) is 5.73 Å². The Bertz CT molecular complexity index is 578. The molecule has 2 aromatic heterocycles. The van der Waals surface area contributed by atoms with Gasteiger partial charge in [0.1, 0.15) is 23.8 Å². The molecule has 110 valence electrons. The Morgan fingerprint density at radius 3 is 2.85 bits per heavy atom. The third kappa shape index (κ3) is 2.91. The predicted molar refractivity (Wildman–Crippen MR) is 80.3 cm³/mol. The van der Waals surface area contributed by atoms with Gasteiger partial charge in [-0.1, -0.05) is 0 Å². The van der Waals surface area contributed by atoms with Crippen LogP contribution in [-0.2, 0) is 17.9 Å². The molecule has 2 rings (SSSR count). The first-order valence-electron chi connectivity index (χ1n) is 7.07. The second kappa shape index (κ2) is 6.67. The van der Waals surface area contributed by atoms with Gasteiger partial charge in [0.2, 0.25) is 0 Å². The summed E-state index contributed by atoms with van der Waals surface area (Å²) in [6.07, 6.45) is 3.74. The monoisotopic (exact) mass is 277 g/mol. The maximum absolute atomic E-state index is 5.92. The fourth-order valence-electron chi connectivity index (χ4n) is 2.31. The highest BCUT2D eigenvalue weighted by Gasteiger charge is 2.14. The quantitative estimate of drug-likeness (QED) is 0.750. The van der Waals surface area contributed by atoms with E-state index < -0.39 is 0 Å². The number of nitrogens with two attached hydrogens (primary N) is 2. The van der Waals surface area contributed by atoms with Crippen LogP contribution in [0, 0.1) is 6.92 Å². The Balaban J connectivity index is 2.42. The molecule has 0 unspecified atom stereocenters. The molecule has 6 heteroatoms. The third-order valence-corrected chi connectivity index (χ3v) is 3.41. The van der Waals surface area contributed by atoms with E-state index in [2.05, 4.69) is 14.5 Å². The van der Waals surface area contributed by atoms with Gasteiger partial charge in [0.15, 0.2) is 0 Å². The zero-order chi connectivity index (χ0) is 14.5. The number of hydrogen-bond acceptors (Lipinski definition) is 5. The van der Waals surface area contributed by atoms with Gasteiger partial charge >= 0.3 is 0 Å². The predicted octanol–water partition coefficient (Wildman–Crippen LogP) is 1.60. The number of hydrogen-bond donors (Lipinski definition) is 2. The Labute approximate surface area is 119 Å². The van der Waals surface area contributed by atoms with Crippen molar-refractivity contribution in [3.05, 3.63) is 17.6 Å². The molecule has 2 heterocycles. The van der Waals surface area contributed by atoms with Gasteiger partial charge in [-0.15, -0.1) is 0 Å². The van der Waals surface area contributed by atoms with E-state index in [0.717, 1.165) is 41.8 Å². The molecule has 0 aromatic carbocycles. The molecule has 0 aliphatic heterocycles. The van der Waals surface area contributed by atoms with E-state index in [0.29, 0.717) is 25.6 Å². The summed E-state index contributed by atoms with van der Waals surface area (Å²) >= 11 is 0. The minimum absolute atomic E-state index is 0.507. The molecule has 4 N–H and O–H groups in total. The van der Waals surface area contributed by atoms with Crippen molar-refractivity contribution < 1.29 is 4.74 Å². The highest BCUT2D eigenvalue weighted by molar-refractivity contribution is 5.82. The minimum atomic E-state index is 0.507. The van der Waals surface area contributed by atoms with Gasteiger partial charge in [-0.25, -0.2) is 9.97 Å². The first-order valence-corrected chi connectivity index (χ1v) is 7.07. The lowest BCUT2D eigenvalue weighted by atomic mass is 10.2. The van der Waals surface area contributed by atoms with Crippen molar-refractivity contribution in [1.29, 1.82) is 0 Å². The molecule has 0 atom stereocenters. The molecule has 0 aliphatic rings. The third-order valence-electron chi connectivity index (χ3n) is 3.41. The minimum Gasteiger partial charge on any atom is -0.383 e. The largest absolute Gasteiger partial charge is 0.383 e. The summed E-state index contributed by atoms with van der Waals surface area (Å²) in [4.78, 5) is 8.80. The maximum Gasteiger partial charge on any atom is 0.136 e. The lowest BCUT2D eigenvalue weighted by Gasteiger charge is -2.10. The molecule has 0 amide bonds. The molecular formula is C14H23N5O. The average molecular weight is 277 g/mol. The molecule has 2 aromatic rings. The first kappa shape index (κ1) is 14.7. The van der Waals surface area contributed by atoms with Crippen LogP contribution in [0.15, 0.2) is 6.20 Å². The zero-order valence-corrected chi connectivity index (χ0v) is 12.2. The summed E-state index contributed by atoms with van der Waals surface area (Å²) in [7, 11) is 0. The van der Waals surface area contributed by atoms with E-state index in [1.54, 1.807) is 6.20 Å². The summed E-state index contributed by atoms with van der Waals surface area (Å²) in [6, 6.07) is 0. The van der Waals surface area contributed by atoms with Crippen LogP contribution in [0.3, 0.4) is 0 Å². The number of nitrogens with zero attached hydrogens (tertiary/aromatic N) is 3. The van der Waals surface area contributed by atoms with Crippen LogP contribution in [0.2, 0.25) is 0 Å². The number of fused-ring (bicyclic) bond motifs is 1. The van der Waals surface area contributed by atoms with Crippen LogP contribution in [0.1, 0.15) is 31.2 Å². The highest BCUT2D eigenvalue weighted by Crippen LogP contribution is 2.23. The zero-order valence-electron chi connectivity index (χ0n) is 12.2. The number of aromatic nitrogens is 3. The lowest BCUT2D eigenvalue weighted by molar-refractivity contribution is 0.126. The second-order valence-electron chi connectivity index (χ2n) is 4.81. The second-order valence-corrected chi connectivity index (χ2v) is 4.81. The normalized spacial score (nSPS) is 11.3. The van der Waals surface area contributed by atoms with Gasteiger partial charge in [-0.3, -0.25) is 0 Å². The van der Waals surface area contributed by atoms with Crippen LogP contribution < -0.4 is 11.5 Å². The fourth-order valence-corrected chi connectivity index (χ4v) is 2.31. The number of nitrogen functional groups attached to an aromatic ring is 1. The molecule has 0 aliphatic carbocycles. The average Bonchev–Trinajstić information content (AvgIpc) is 2.80. The molecule has 0 fully saturated rings. The molecule has 0 saturated carbocycles. The molecule has 20 heavy (non-hydrogen) atoms. The van der Waals surface area contributed by atoms with Gasteiger partial charge in [0, 0.05) is 18.7 Å². The number of imidazole rings is 1. The highest BCUT2D eigenvalue weighted by atomic mass is 16.5. The topological polar surface area (TPSA) is 92.0 Å².